The van der Waals surface area contributed by atoms with Crippen LogP contribution < -0.4 is 5.73 Å². The molecule has 0 aliphatic rings. The van der Waals surface area contributed by atoms with Crippen LogP contribution in [0, 0.1) is 0 Å². The molecule has 0 spiro atoms. The minimum atomic E-state index is 0.0514. The zero-order valence-electron chi connectivity index (χ0n) is 11.0. The zero-order valence-corrected chi connectivity index (χ0v) is 12.5. The SMILES string of the molecule is CCc1cccc(C(N)CSc2cccc(Cl)c2)c1. The van der Waals surface area contributed by atoms with E-state index in [2.05, 4.69) is 37.3 Å². The van der Waals surface area contributed by atoms with Gasteiger partial charge in [-0.1, -0.05) is 48.9 Å². The highest BCUT2D eigenvalue weighted by Gasteiger charge is 2.07. The Hall–Kier alpha value is -0.960. The minimum absolute atomic E-state index is 0.0514. The van der Waals surface area contributed by atoms with E-state index in [0.29, 0.717) is 0 Å². The summed E-state index contributed by atoms with van der Waals surface area (Å²) in [6.07, 6.45) is 1.04. The summed E-state index contributed by atoms with van der Waals surface area (Å²) >= 11 is 7.71. The lowest BCUT2D eigenvalue weighted by Gasteiger charge is -2.13. The Kier molecular flexibility index (Phi) is 5.32. The normalized spacial score (nSPS) is 12.4. The molecule has 2 rings (SSSR count). The van der Waals surface area contributed by atoms with Crippen molar-refractivity contribution in [1.29, 1.82) is 0 Å². The molecule has 100 valence electrons. The van der Waals surface area contributed by atoms with Crippen molar-refractivity contribution in [3.8, 4) is 0 Å². The van der Waals surface area contributed by atoms with E-state index >= 15 is 0 Å². The first kappa shape index (κ1) is 14.4. The van der Waals surface area contributed by atoms with Gasteiger partial charge in [0.1, 0.15) is 0 Å². The summed E-state index contributed by atoms with van der Waals surface area (Å²) in [6.45, 7) is 2.16. The van der Waals surface area contributed by atoms with Gasteiger partial charge in [-0.15, -0.1) is 11.8 Å². The number of nitrogens with two attached hydrogens (primary N) is 1. The van der Waals surface area contributed by atoms with Gasteiger partial charge in [-0.3, -0.25) is 0 Å². The average molecular weight is 292 g/mol. The Balaban J connectivity index is 1.99. The molecule has 0 heterocycles. The molecule has 2 aromatic rings. The molecule has 3 heteroatoms. The van der Waals surface area contributed by atoms with Crippen LogP contribution in [0.5, 0.6) is 0 Å². The smallest absolute Gasteiger partial charge is 0.0417 e. The van der Waals surface area contributed by atoms with Gasteiger partial charge in [0.15, 0.2) is 0 Å². The molecule has 1 atom stereocenters. The van der Waals surface area contributed by atoms with Crippen LogP contribution in [-0.4, -0.2) is 5.75 Å². The van der Waals surface area contributed by atoms with Crippen LogP contribution in [-0.2, 0) is 6.42 Å². The quantitative estimate of drug-likeness (QED) is 0.809. The molecule has 0 radical (unpaired) electrons. The first-order chi connectivity index (χ1) is 9.19. The van der Waals surface area contributed by atoms with E-state index in [0.717, 1.165) is 22.1 Å². The maximum Gasteiger partial charge on any atom is 0.0417 e. The van der Waals surface area contributed by atoms with Gasteiger partial charge < -0.3 is 5.73 Å². The Morgan fingerprint density at radius 2 is 1.95 bits per heavy atom. The second-order valence-corrected chi connectivity index (χ2v) is 6.00. The van der Waals surface area contributed by atoms with E-state index in [1.165, 1.54) is 11.1 Å². The number of hydrogen-bond acceptors (Lipinski definition) is 2. The molecule has 1 unspecified atom stereocenters. The van der Waals surface area contributed by atoms with Crippen molar-refractivity contribution in [1.82, 2.24) is 0 Å². The third-order valence-corrected chi connectivity index (χ3v) is 4.36. The predicted molar refractivity (Wildman–Crippen MR) is 84.9 cm³/mol. The number of rotatable bonds is 5. The zero-order chi connectivity index (χ0) is 13.7. The molecule has 0 aliphatic heterocycles. The van der Waals surface area contributed by atoms with Crippen molar-refractivity contribution < 1.29 is 0 Å². The molecule has 0 fully saturated rings. The molecular formula is C16H18ClNS. The van der Waals surface area contributed by atoms with E-state index in [1.54, 1.807) is 11.8 Å². The molecule has 0 aromatic heterocycles. The largest absolute Gasteiger partial charge is 0.323 e. The van der Waals surface area contributed by atoms with E-state index in [4.69, 9.17) is 17.3 Å². The molecule has 0 saturated carbocycles. The number of hydrogen-bond donors (Lipinski definition) is 1. The fraction of sp³-hybridized carbons (Fsp3) is 0.250. The first-order valence-corrected chi connectivity index (χ1v) is 7.78. The first-order valence-electron chi connectivity index (χ1n) is 6.42. The lowest BCUT2D eigenvalue weighted by Crippen LogP contribution is -2.13. The van der Waals surface area contributed by atoms with Crippen molar-refractivity contribution in [2.75, 3.05) is 5.75 Å². The van der Waals surface area contributed by atoms with Crippen molar-refractivity contribution in [3.05, 3.63) is 64.7 Å². The molecule has 1 nitrogen and oxygen atoms in total. The van der Waals surface area contributed by atoms with Gasteiger partial charge in [0.25, 0.3) is 0 Å². The summed E-state index contributed by atoms with van der Waals surface area (Å²) in [6, 6.07) is 16.5. The highest BCUT2D eigenvalue weighted by Crippen LogP contribution is 2.25. The molecule has 0 saturated heterocycles. The van der Waals surface area contributed by atoms with Crippen LogP contribution in [0.1, 0.15) is 24.1 Å². The van der Waals surface area contributed by atoms with Gasteiger partial charge in [-0.2, -0.15) is 0 Å². The summed E-state index contributed by atoms with van der Waals surface area (Å²) in [5, 5.41) is 0.770. The van der Waals surface area contributed by atoms with Gasteiger partial charge in [0.2, 0.25) is 0 Å². The number of halogens is 1. The van der Waals surface area contributed by atoms with Crippen LogP contribution in [0.4, 0.5) is 0 Å². The number of thioether (sulfide) groups is 1. The van der Waals surface area contributed by atoms with Crippen molar-refractivity contribution in [3.63, 3.8) is 0 Å². The topological polar surface area (TPSA) is 26.0 Å². The molecule has 0 amide bonds. The highest BCUT2D eigenvalue weighted by molar-refractivity contribution is 7.99. The van der Waals surface area contributed by atoms with Crippen LogP contribution in [0.15, 0.2) is 53.4 Å². The van der Waals surface area contributed by atoms with Crippen molar-refractivity contribution in [2.45, 2.75) is 24.3 Å². The highest BCUT2D eigenvalue weighted by atomic mass is 35.5. The summed E-state index contributed by atoms with van der Waals surface area (Å²) in [5.41, 5.74) is 8.79. The van der Waals surface area contributed by atoms with Crippen LogP contribution in [0.3, 0.4) is 0 Å². The summed E-state index contributed by atoms with van der Waals surface area (Å²) in [4.78, 5) is 1.16. The average Bonchev–Trinajstić information content (AvgIpc) is 2.45. The van der Waals surface area contributed by atoms with Crippen LogP contribution >= 0.6 is 23.4 Å². The van der Waals surface area contributed by atoms with Crippen LogP contribution in [0.2, 0.25) is 5.02 Å². The van der Waals surface area contributed by atoms with E-state index < -0.39 is 0 Å². The Morgan fingerprint density at radius 1 is 1.16 bits per heavy atom. The summed E-state index contributed by atoms with van der Waals surface area (Å²) in [5.74, 6) is 0.855. The predicted octanol–water partition coefficient (Wildman–Crippen LogP) is 4.69. The van der Waals surface area contributed by atoms with Gasteiger partial charge in [-0.25, -0.2) is 0 Å². The lowest BCUT2D eigenvalue weighted by molar-refractivity contribution is 0.828. The van der Waals surface area contributed by atoms with Gasteiger partial charge in [0, 0.05) is 21.7 Å². The van der Waals surface area contributed by atoms with E-state index in [9.17, 15) is 0 Å². The molecule has 19 heavy (non-hydrogen) atoms. The molecular weight excluding hydrogens is 274 g/mol. The van der Waals surface area contributed by atoms with Crippen molar-refractivity contribution in [2.24, 2.45) is 5.73 Å². The third-order valence-electron chi connectivity index (χ3n) is 3.01. The molecule has 0 aliphatic carbocycles. The standard InChI is InChI=1S/C16H18ClNS/c1-2-12-5-3-6-13(9-12)16(18)11-19-15-8-4-7-14(17)10-15/h3-10,16H,2,11,18H2,1H3. The molecule has 0 bridgehead atoms. The monoisotopic (exact) mass is 291 g/mol. The fourth-order valence-corrected chi connectivity index (χ4v) is 3.09. The van der Waals surface area contributed by atoms with Gasteiger partial charge in [0.05, 0.1) is 0 Å². The second-order valence-electron chi connectivity index (χ2n) is 4.47. The lowest BCUT2D eigenvalue weighted by atomic mass is 10.0. The van der Waals surface area contributed by atoms with Gasteiger partial charge in [-0.05, 0) is 35.7 Å². The maximum atomic E-state index is 6.25. The summed E-state index contributed by atoms with van der Waals surface area (Å²) < 4.78 is 0. The maximum absolute atomic E-state index is 6.25. The van der Waals surface area contributed by atoms with Crippen LogP contribution in [0.25, 0.3) is 0 Å². The van der Waals surface area contributed by atoms with E-state index in [-0.39, 0.29) is 6.04 Å². The Bertz CT molecular complexity index is 542. The number of aryl methyl sites for hydroxylation is 1. The third kappa shape index (κ3) is 4.27. The minimum Gasteiger partial charge on any atom is -0.323 e. The second kappa shape index (κ2) is 6.99. The Morgan fingerprint density at radius 3 is 2.68 bits per heavy atom. The number of benzene rings is 2. The molecule has 2 aromatic carbocycles. The van der Waals surface area contributed by atoms with Gasteiger partial charge >= 0.3 is 0 Å². The van der Waals surface area contributed by atoms with E-state index in [1.807, 2.05) is 18.2 Å². The fourth-order valence-electron chi connectivity index (χ4n) is 1.88. The summed E-state index contributed by atoms with van der Waals surface area (Å²) in [7, 11) is 0. The Labute approximate surface area is 124 Å². The van der Waals surface area contributed by atoms with Crippen molar-refractivity contribution >= 4 is 23.4 Å². The molecule has 2 N–H and O–H groups in total.